The quantitative estimate of drug-likeness (QED) is 0.364. The predicted octanol–water partition coefficient (Wildman–Crippen LogP) is -0.368. The van der Waals surface area contributed by atoms with Crippen LogP contribution < -0.4 is 0 Å². The van der Waals surface area contributed by atoms with E-state index in [4.69, 9.17) is 10.3 Å². The molecule has 1 unspecified atom stereocenters. The number of hydrogen-bond donors (Lipinski definition) is 2. The molecule has 0 aliphatic carbocycles. The van der Waals surface area contributed by atoms with E-state index < -0.39 is 21.7 Å². The molecule has 0 rings (SSSR count). The van der Waals surface area contributed by atoms with E-state index in [2.05, 4.69) is 5.16 Å². The van der Waals surface area contributed by atoms with Crippen LogP contribution in [0.3, 0.4) is 0 Å². The van der Waals surface area contributed by atoms with Crippen LogP contribution in [-0.2, 0) is 9.84 Å². The summed E-state index contributed by atoms with van der Waals surface area (Å²) < 4.78 is 22.4. The maximum absolute atomic E-state index is 11.2. The first-order valence-corrected chi connectivity index (χ1v) is 5.22. The highest BCUT2D eigenvalue weighted by atomic mass is 32.2. The lowest BCUT2D eigenvalue weighted by atomic mass is 10.3. The minimum Gasteiger partial charge on any atom is -0.411 e. The second kappa shape index (κ2) is 4.42. The highest BCUT2D eigenvalue weighted by Gasteiger charge is 2.25. The fourth-order valence-corrected chi connectivity index (χ4v) is 1.97. The van der Waals surface area contributed by atoms with Crippen molar-refractivity contribution in [1.82, 2.24) is 0 Å². The fraction of sp³-hybridized carbons (Fsp3) is 0.833. The number of nitrogens with zero attached hydrogens (tertiary/aromatic N) is 1. The Balaban J connectivity index is 4.81. The molecule has 5 nitrogen and oxygen atoms in total. The van der Waals surface area contributed by atoms with Crippen LogP contribution in [0.25, 0.3) is 0 Å². The molecule has 1 atom stereocenters. The van der Waals surface area contributed by atoms with Crippen LogP contribution in [0, 0.1) is 0 Å². The van der Waals surface area contributed by atoms with E-state index in [9.17, 15) is 8.42 Å². The number of hydrogen-bond acceptors (Lipinski definition) is 5. The van der Waals surface area contributed by atoms with Gasteiger partial charge >= 0.3 is 0 Å². The molecule has 0 aromatic carbocycles. The normalized spacial score (nSPS) is 16.1. The average molecular weight is 195 g/mol. The molecule has 0 aliphatic heterocycles. The molecular formula is C6H13NO4S. The number of sulfone groups is 1. The van der Waals surface area contributed by atoms with E-state index >= 15 is 0 Å². The minimum atomic E-state index is -3.36. The summed E-state index contributed by atoms with van der Waals surface area (Å²) in [5.74, 6) is -0.0783. The third-order valence-corrected chi connectivity index (χ3v) is 3.79. The highest BCUT2D eigenvalue weighted by molar-refractivity contribution is 7.92. The Labute approximate surface area is 71.6 Å². The molecule has 12 heavy (non-hydrogen) atoms. The smallest absolute Gasteiger partial charge is 0.160 e. The average Bonchev–Trinajstić information content (AvgIpc) is 2.05. The molecule has 2 N–H and O–H groups in total. The minimum absolute atomic E-state index is 0.0133. The molecule has 0 radical (unpaired) electrons. The largest absolute Gasteiger partial charge is 0.411 e. The zero-order valence-electron chi connectivity index (χ0n) is 7.06. The molecule has 0 aromatic rings. The van der Waals surface area contributed by atoms with E-state index in [1.165, 1.54) is 13.8 Å². The maximum atomic E-state index is 11.2. The Hall–Kier alpha value is -0.620. The van der Waals surface area contributed by atoms with E-state index in [-0.39, 0.29) is 11.5 Å². The molecule has 0 fully saturated rings. The van der Waals surface area contributed by atoms with Crippen molar-refractivity contribution in [3.8, 4) is 0 Å². The van der Waals surface area contributed by atoms with Crippen LogP contribution in [-0.4, -0.2) is 42.1 Å². The molecule has 0 saturated carbocycles. The summed E-state index contributed by atoms with van der Waals surface area (Å²) in [6.45, 7) is 2.28. The van der Waals surface area contributed by atoms with E-state index in [0.29, 0.717) is 0 Å². The lowest BCUT2D eigenvalue weighted by Gasteiger charge is -2.11. The van der Waals surface area contributed by atoms with Crippen molar-refractivity contribution in [3.63, 3.8) is 0 Å². The van der Waals surface area contributed by atoms with Gasteiger partial charge in [-0.3, -0.25) is 0 Å². The van der Waals surface area contributed by atoms with Gasteiger partial charge in [0.2, 0.25) is 0 Å². The van der Waals surface area contributed by atoms with Crippen LogP contribution in [0.5, 0.6) is 0 Å². The molecular weight excluding hydrogens is 182 g/mol. The summed E-state index contributed by atoms with van der Waals surface area (Å²) in [7, 11) is -3.36. The lowest BCUT2D eigenvalue weighted by Crippen LogP contribution is -2.33. The van der Waals surface area contributed by atoms with E-state index in [1.807, 2.05) is 0 Å². The molecule has 0 spiro atoms. The summed E-state index contributed by atoms with van der Waals surface area (Å²) in [6.07, 6.45) is 0. The Morgan fingerprint density at radius 2 is 2.08 bits per heavy atom. The van der Waals surface area contributed by atoms with Crippen molar-refractivity contribution in [2.75, 3.05) is 12.4 Å². The molecule has 0 aromatic heterocycles. The molecule has 0 bridgehead atoms. The van der Waals surface area contributed by atoms with Gasteiger partial charge in [0.1, 0.15) is 5.25 Å². The Morgan fingerprint density at radius 1 is 1.58 bits per heavy atom. The Morgan fingerprint density at radius 3 is 2.33 bits per heavy atom. The van der Waals surface area contributed by atoms with Crippen molar-refractivity contribution in [2.24, 2.45) is 5.16 Å². The first-order valence-electron chi connectivity index (χ1n) is 3.50. The topological polar surface area (TPSA) is 87.0 Å². The Kier molecular flexibility index (Phi) is 4.19. The number of rotatable bonds is 4. The van der Waals surface area contributed by atoms with Crippen LogP contribution in [0.4, 0.5) is 0 Å². The zero-order valence-corrected chi connectivity index (χ0v) is 7.87. The molecule has 6 heteroatoms. The molecule has 0 heterocycles. The number of oxime groups is 1. The van der Waals surface area contributed by atoms with Gasteiger partial charge in [0, 0.05) is 5.75 Å². The highest BCUT2D eigenvalue weighted by Crippen LogP contribution is 2.04. The number of aliphatic hydroxyl groups excluding tert-OH is 1. The second-order valence-corrected chi connectivity index (χ2v) is 4.84. The standard InChI is InChI=1S/C6H13NO4S/c1-3-12(10,11)6(4-8)5(2)7-9/h6,8-9H,3-4H2,1-2H3/b7-5-. The molecule has 72 valence electrons. The zero-order chi connectivity index (χ0) is 9.78. The summed E-state index contributed by atoms with van der Waals surface area (Å²) in [6, 6.07) is 0. The van der Waals surface area contributed by atoms with Gasteiger partial charge in [-0.05, 0) is 6.92 Å². The third kappa shape index (κ3) is 2.46. The van der Waals surface area contributed by atoms with Gasteiger partial charge in [0.25, 0.3) is 0 Å². The van der Waals surface area contributed by atoms with Gasteiger partial charge < -0.3 is 10.3 Å². The summed E-state index contributed by atoms with van der Waals surface area (Å²) in [4.78, 5) is 0. The Bertz CT molecular complexity index is 257. The molecule has 0 aliphatic rings. The third-order valence-electron chi connectivity index (χ3n) is 1.63. The van der Waals surface area contributed by atoms with Gasteiger partial charge in [-0.15, -0.1) is 0 Å². The first-order chi connectivity index (χ1) is 5.49. The van der Waals surface area contributed by atoms with E-state index in [1.54, 1.807) is 0 Å². The summed E-state index contributed by atoms with van der Waals surface area (Å²) in [5, 5.41) is 18.7. The lowest BCUT2D eigenvalue weighted by molar-refractivity contribution is 0.295. The molecule has 0 amide bonds. The monoisotopic (exact) mass is 195 g/mol. The molecule has 0 saturated heterocycles. The van der Waals surface area contributed by atoms with Gasteiger partial charge in [0.05, 0.1) is 12.3 Å². The van der Waals surface area contributed by atoms with Crippen LogP contribution in [0.15, 0.2) is 5.16 Å². The predicted molar refractivity (Wildman–Crippen MR) is 45.2 cm³/mol. The van der Waals surface area contributed by atoms with Gasteiger partial charge in [-0.2, -0.15) is 0 Å². The van der Waals surface area contributed by atoms with Crippen molar-refractivity contribution in [1.29, 1.82) is 0 Å². The van der Waals surface area contributed by atoms with Crippen molar-refractivity contribution in [3.05, 3.63) is 0 Å². The second-order valence-electron chi connectivity index (χ2n) is 2.36. The van der Waals surface area contributed by atoms with Gasteiger partial charge in [0.15, 0.2) is 9.84 Å². The fourth-order valence-electron chi connectivity index (χ4n) is 0.771. The number of aliphatic hydroxyl groups is 1. The van der Waals surface area contributed by atoms with Crippen LogP contribution >= 0.6 is 0 Å². The van der Waals surface area contributed by atoms with Gasteiger partial charge in [-0.25, -0.2) is 8.42 Å². The van der Waals surface area contributed by atoms with Crippen LogP contribution in [0.1, 0.15) is 13.8 Å². The summed E-state index contributed by atoms with van der Waals surface area (Å²) in [5.41, 5.74) is 0.0133. The maximum Gasteiger partial charge on any atom is 0.160 e. The van der Waals surface area contributed by atoms with Crippen molar-refractivity contribution in [2.45, 2.75) is 19.1 Å². The van der Waals surface area contributed by atoms with Crippen molar-refractivity contribution >= 4 is 15.5 Å². The SMILES string of the molecule is CCS(=O)(=O)C(CO)/C(C)=N\O. The van der Waals surface area contributed by atoms with E-state index in [0.717, 1.165) is 0 Å². The summed E-state index contributed by atoms with van der Waals surface area (Å²) >= 11 is 0. The van der Waals surface area contributed by atoms with Gasteiger partial charge in [-0.1, -0.05) is 12.1 Å². The van der Waals surface area contributed by atoms with Crippen LogP contribution in [0.2, 0.25) is 0 Å². The van der Waals surface area contributed by atoms with Crippen molar-refractivity contribution < 1.29 is 18.7 Å². The first kappa shape index (κ1) is 11.4.